The van der Waals surface area contributed by atoms with Crippen LogP contribution in [0, 0.1) is 0 Å². The predicted molar refractivity (Wildman–Crippen MR) is 133 cm³/mol. The van der Waals surface area contributed by atoms with E-state index in [0.29, 0.717) is 19.0 Å². The van der Waals surface area contributed by atoms with Gasteiger partial charge in [0.25, 0.3) is 0 Å². The molecular weight excluding hydrogens is 410 g/mol. The Bertz CT molecular complexity index is 1150. The molecule has 2 aliphatic heterocycles. The van der Waals surface area contributed by atoms with Crippen molar-refractivity contribution >= 4 is 22.6 Å². The van der Waals surface area contributed by atoms with Gasteiger partial charge in [-0.05, 0) is 74.7 Å². The SMILES string of the molecule is CC(C)(C)OC(=O)N1CCC(c2nccc3cc4c(cc23)N(Cc2ccccc2)CC4)CC1. The zero-order valence-corrected chi connectivity index (χ0v) is 19.9. The molecular formula is C28H33N3O2. The molecule has 0 unspecified atom stereocenters. The summed E-state index contributed by atoms with van der Waals surface area (Å²) >= 11 is 0. The summed E-state index contributed by atoms with van der Waals surface area (Å²) in [6.07, 6.45) is 4.65. The van der Waals surface area contributed by atoms with Crippen molar-refractivity contribution in [2.24, 2.45) is 0 Å². The van der Waals surface area contributed by atoms with E-state index in [2.05, 4.69) is 53.4 Å². The molecule has 33 heavy (non-hydrogen) atoms. The average Bonchev–Trinajstić information content (AvgIpc) is 3.18. The fraction of sp³-hybridized carbons (Fsp3) is 0.429. The number of likely N-dealkylation sites (tertiary alicyclic amines) is 1. The highest BCUT2D eigenvalue weighted by atomic mass is 16.6. The van der Waals surface area contributed by atoms with Gasteiger partial charge < -0.3 is 14.5 Å². The second-order valence-corrected chi connectivity index (χ2v) is 10.3. The third-order valence-electron chi connectivity index (χ3n) is 6.74. The molecule has 0 atom stereocenters. The van der Waals surface area contributed by atoms with Crippen LogP contribution in [0.4, 0.5) is 10.5 Å². The van der Waals surface area contributed by atoms with E-state index >= 15 is 0 Å². The molecule has 0 bridgehead atoms. The number of rotatable bonds is 3. The van der Waals surface area contributed by atoms with Gasteiger partial charge >= 0.3 is 6.09 Å². The standard InChI is InChI=1S/C28H33N3O2/c1-28(2,3)33-27(32)30-14-10-21(11-15-30)26-24-18-25-23(17-22(24)9-13-29-26)12-16-31(25)19-20-7-5-4-6-8-20/h4-9,13,17-18,21H,10-12,14-16,19H2,1-3H3. The van der Waals surface area contributed by atoms with Gasteiger partial charge in [-0.2, -0.15) is 0 Å². The van der Waals surface area contributed by atoms with Gasteiger partial charge in [-0.1, -0.05) is 30.3 Å². The third kappa shape index (κ3) is 4.68. The largest absolute Gasteiger partial charge is 0.444 e. The zero-order valence-electron chi connectivity index (χ0n) is 19.9. The second kappa shape index (κ2) is 8.69. The Labute approximate surface area is 196 Å². The van der Waals surface area contributed by atoms with Crippen LogP contribution < -0.4 is 4.90 Å². The van der Waals surface area contributed by atoms with E-state index in [9.17, 15) is 4.79 Å². The van der Waals surface area contributed by atoms with E-state index < -0.39 is 5.60 Å². The maximum absolute atomic E-state index is 12.5. The number of piperidine rings is 1. The predicted octanol–water partition coefficient (Wildman–Crippen LogP) is 5.91. The number of anilines is 1. The van der Waals surface area contributed by atoms with Gasteiger partial charge in [0.15, 0.2) is 0 Å². The van der Waals surface area contributed by atoms with Crippen LogP contribution in [0.5, 0.6) is 0 Å². The normalized spacial score (nSPS) is 16.8. The monoisotopic (exact) mass is 443 g/mol. The summed E-state index contributed by atoms with van der Waals surface area (Å²) < 4.78 is 5.57. The summed E-state index contributed by atoms with van der Waals surface area (Å²) in [4.78, 5) is 21.6. The first kappa shape index (κ1) is 21.7. The van der Waals surface area contributed by atoms with Gasteiger partial charge in [0, 0.05) is 49.4 Å². The number of carbonyl (C=O) groups excluding carboxylic acids is 1. The first-order chi connectivity index (χ1) is 15.9. The third-order valence-corrected chi connectivity index (χ3v) is 6.74. The van der Waals surface area contributed by atoms with Crippen molar-refractivity contribution in [3.8, 4) is 0 Å². The fourth-order valence-electron chi connectivity index (χ4n) is 5.11. The molecule has 3 heterocycles. The number of pyridine rings is 1. The van der Waals surface area contributed by atoms with E-state index in [1.807, 2.05) is 31.9 Å². The molecule has 3 aromatic rings. The second-order valence-electron chi connectivity index (χ2n) is 10.3. The molecule has 5 heteroatoms. The summed E-state index contributed by atoms with van der Waals surface area (Å²) in [7, 11) is 0. The first-order valence-corrected chi connectivity index (χ1v) is 12.1. The fourth-order valence-corrected chi connectivity index (χ4v) is 5.11. The highest BCUT2D eigenvalue weighted by molar-refractivity contribution is 5.90. The molecule has 172 valence electrons. The van der Waals surface area contributed by atoms with Crippen molar-refractivity contribution in [1.29, 1.82) is 0 Å². The lowest BCUT2D eigenvalue weighted by molar-refractivity contribution is 0.0204. The van der Waals surface area contributed by atoms with Crippen LogP contribution in [-0.4, -0.2) is 41.2 Å². The van der Waals surface area contributed by atoms with Crippen LogP contribution >= 0.6 is 0 Å². The van der Waals surface area contributed by atoms with Gasteiger partial charge in [0.2, 0.25) is 0 Å². The Morgan fingerprint density at radius 2 is 1.82 bits per heavy atom. The highest BCUT2D eigenvalue weighted by Gasteiger charge is 2.29. The molecule has 0 radical (unpaired) electrons. The summed E-state index contributed by atoms with van der Waals surface area (Å²) in [6.45, 7) is 9.15. The van der Waals surface area contributed by atoms with Crippen molar-refractivity contribution in [3.63, 3.8) is 0 Å². The smallest absolute Gasteiger partial charge is 0.410 e. The summed E-state index contributed by atoms with van der Waals surface area (Å²) in [6, 6.07) is 17.5. The van der Waals surface area contributed by atoms with Crippen LogP contribution in [-0.2, 0) is 17.7 Å². The number of fused-ring (bicyclic) bond motifs is 2. The number of benzene rings is 2. The van der Waals surface area contributed by atoms with Crippen LogP contribution in [0.2, 0.25) is 0 Å². The van der Waals surface area contributed by atoms with Gasteiger partial charge in [-0.3, -0.25) is 4.98 Å². The van der Waals surface area contributed by atoms with Gasteiger partial charge in [0.1, 0.15) is 5.60 Å². The van der Waals surface area contributed by atoms with E-state index in [-0.39, 0.29) is 6.09 Å². The van der Waals surface area contributed by atoms with Crippen LogP contribution in [0.3, 0.4) is 0 Å². The molecule has 1 amide bonds. The zero-order chi connectivity index (χ0) is 23.0. The van der Waals surface area contributed by atoms with Crippen molar-refractivity contribution in [2.75, 3.05) is 24.5 Å². The average molecular weight is 444 g/mol. The minimum Gasteiger partial charge on any atom is -0.444 e. The topological polar surface area (TPSA) is 45.7 Å². The van der Waals surface area contributed by atoms with Crippen LogP contribution in [0.15, 0.2) is 54.7 Å². The molecule has 1 fully saturated rings. The molecule has 5 nitrogen and oxygen atoms in total. The number of hydrogen-bond acceptors (Lipinski definition) is 4. The number of carbonyl (C=O) groups is 1. The van der Waals surface area contributed by atoms with Crippen molar-refractivity contribution in [1.82, 2.24) is 9.88 Å². The number of hydrogen-bond donors (Lipinski definition) is 0. The maximum Gasteiger partial charge on any atom is 0.410 e. The Kier molecular flexibility index (Phi) is 5.73. The number of amides is 1. The van der Waals surface area contributed by atoms with E-state index in [1.54, 1.807) is 0 Å². The lowest BCUT2D eigenvalue weighted by atomic mass is 9.89. The molecule has 0 spiro atoms. The Morgan fingerprint density at radius 1 is 1.06 bits per heavy atom. The molecule has 2 aromatic carbocycles. The molecule has 2 aliphatic rings. The number of ether oxygens (including phenoxy) is 1. The lowest BCUT2D eigenvalue weighted by Crippen LogP contribution is -2.41. The van der Waals surface area contributed by atoms with E-state index in [4.69, 9.17) is 9.72 Å². The number of nitrogens with zero attached hydrogens (tertiary/aromatic N) is 3. The Morgan fingerprint density at radius 3 is 2.55 bits per heavy atom. The summed E-state index contributed by atoms with van der Waals surface area (Å²) in [5, 5.41) is 2.53. The van der Waals surface area contributed by atoms with Crippen LogP contribution in [0.1, 0.15) is 56.4 Å². The molecule has 0 N–H and O–H groups in total. The van der Waals surface area contributed by atoms with Crippen molar-refractivity contribution in [2.45, 2.75) is 58.1 Å². The molecule has 0 aliphatic carbocycles. The minimum atomic E-state index is -0.461. The van der Waals surface area contributed by atoms with Crippen LogP contribution in [0.25, 0.3) is 10.8 Å². The summed E-state index contributed by atoms with van der Waals surface area (Å²) in [5.41, 5.74) is 4.82. The first-order valence-electron chi connectivity index (χ1n) is 12.1. The molecule has 5 rings (SSSR count). The molecule has 1 aromatic heterocycles. The summed E-state index contributed by atoms with van der Waals surface area (Å²) in [5.74, 6) is 0.356. The van der Waals surface area contributed by atoms with Crippen molar-refractivity contribution in [3.05, 3.63) is 71.5 Å². The van der Waals surface area contributed by atoms with E-state index in [1.165, 1.54) is 33.3 Å². The number of aromatic nitrogens is 1. The highest BCUT2D eigenvalue weighted by Crippen LogP contribution is 2.38. The molecule has 0 saturated carbocycles. The Hall–Kier alpha value is -3.08. The van der Waals surface area contributed by atoms with Gasteiger partial charge in [-0.25, -0.2) is 4.79 Å². The minimum absolute atomic E-state index is 0.207. The molecule has 1 saturated heterocycles. The maximum atomic E-state index is 12.5. The van der Waals surface area contributed by atoms with Crippen molar-refractivity contribution < 1.29 is 9.53 Å². The quantitative estimate of drug-likeness (QED) is 0.505. The Balaban J connectivity index is 1.37. The van der Waals surface area contributed by atoms with Gasteiger partial charge in [0.05, 0.1) is 5.69 Å². The lowest BCUT2D eigenvalue weighted by Gasteiger charge is -2.33. The van der Waals surface area contributed by atoms with E-state index in [0.717, 1.165) is 32.4 Å². The van der Waals surface area contributed by atoms with Gasteiger partial charge in [-0.15, -0.1) is 0 Å².